The van der Waals surface area contributed by atoms with Crippen molar-refractivity contribution in [3.05, 3.63) is 17.8 Å². The highest BCUT2D eigenvalue weighted by molar-refractivity contribution is 7.89. The zero-order valence-corrected chi connectivity index (χ0v) is 7.18. The highest BCUT2D eigenvalue weighted by atomic mass is 32.2. The van der Waals surface area contributed by atoms with Crippen molar-refractivity contribution >= 4 is 9.84 Å². The minimum absolute atomic E-state index is 0.0463. The maximum Gasteiger partial charge on any atom is 0.181 e. The zero-order valence-electron chi connectivity index (χ0n) is 6.36. The Morgan fingerprint density at radius 2 is 2.27 bits per heavy atom. The standard InChI is InChI=1S/C6H9NO3S/c1-5-6(7-4-10-5)3-11(2,8)9/h4H,3H2,1-2H3. The number of aromatic nitrogens is 1. The van der Waals surface area contributed by atoms with Crippen LogP contribution in [-0.2, 0) is 15.6 Å². The van der Waals surface area contributed by atoms with E-state index in [0.29, 0.717) is 11.5 Å². The Hall–Kier alpha value is -0.840. The molecule has 0 aliphatic carbocycles. The molecule has 0 atom stereocenters. The van der Waals surface area contributed by atoms with Gasteiger partial charge in [-0.2, -0.15) is 0 Å². The van der Waals surface area contributed by atoms with Crippen LogP contribution < -0.4 is 0 Å². The summed E-state index contributed by atoms with van der Waals surface area (Å²) in [6.45, 7) is 1.69. The van der Waals surface area contributed by atoms with Gasteiger partial charge in [0.15, 0.2) is 16.2 Å². The summed E-state index contributed by atoms with van der Waals surface area (Å²) in [5, 5.41) is 0. The summed E-state index contributed by atoms with van der Waals surface area (Å²) in [4.78, 5) is 3.76. The average Bonchev–Trinajstić information content (AvgIpc) is 2.12. The summed E-state index contributed by atoms with van der Waals surface area (Å²) in [6, 6.07) is 0. The lowest BCUT2D eigenvalue weighted by molar-refractivity contribution is 0.524. The Kier molecular flexibility index (Phi) is 1.99. The van der Waals surface area contributed by atoms with Gasteiger partial charge in [0.1, 0.15) is 5.76 Å². The first-order valence-electron chi connectivity index (χ1n) is 3.06. The molecule has 5 heteroatoms. The molecule has 0 N–H and O–H groups in total. The van der Waals surface area contributed by atoms with E-state index in [4.69, 9.17) is 4.42 Å². The highest BCUT2D eigenvalue weighted by Gasteiger charge is 2.09. The molecule has 1 aromatic heterocycles. The van der Waals surface area contributed by atoms with Crippen molar-refractivity contribution in [2.45, 2.75) is 12.7 Å². The topological polar surface area (TPSA) is 60.2 Å². The van der Waals surface area contributed by atoms with Crippen LogP contribution in [0.1, 0.15) is 11.5 Å². The van der Waals surface area contributed by atoms with Gasteiger partial charge in [-0.05, 0) is 6.92 Å². The van der Waals surface area contributed by atoms with E-state index in [1.54, 1.807) is 6.92 Å². The van der Waals surface area contributed by atoms with Crippen molar-refractivity contribution in [1.29, 1.82) is 0 Å². The third-order valence-corrected chi connectivity index (χ3v) is 2.04. The van der Waals surface area contributed by atoms with Crippen LogP contribution >= 0.6 is 0 Å². The van der Waals surface area contributed by atoms with Gasteiger partial charge in [0.2, 0.25) is 0 Å². The molecule has 1 heterocycles. The van der Waals surface area contributed by atoms with Crippen LogP contribution in [0.3, 0.4) is 0 Å². The van der Waals surface area contributed by atoms with E-state index in [1.165, 1.54) is 12.6 Å². The van der Waals surface area contributed by atoms with Gasteiger partial charge < -0.3 is 4.42 Å². The normalized spacial score (nSPS) is 11.8. The third-order valence-electron chi connectivity index (χ3n) is 1.24. The molecule has 0 unspecified atom stereocenters. The van der Waals surface area contributed by atoms with Gasteiger partial charge in [-0.15, -0.1) is 0 Å². The zero-order chi connectivity index (χ0) is 8.48. The second-order valence-electron chi connectivity index (χ2n) is 2.43. The lowest BCUT2D eigenvalue weighted by atomic mass is 10.4. The van der Waals surface area contributed by atoms with Gasteiger partial charge in [0.25, 0.3) is 0 Å². The molecule has 0 radical (unpaired) electrons. The molecular formula is C6H9NO3S. The van der Waals surface area contributed by atoms with Crippen molar-refractivity contribution in [1.82, 2.24) is 4.98 Å². The Labute approximate surface area is 65.2 Å². The van der Waals surface area contributed by atoms with E-state index < -0.39 is 9.84 Å². The molecule has 11 heavy (non-hydrogen) atoms. The lowest BCUT2D eigenvalue weighted by Gasteiger charge is -1.92. The van der Waals surface area contributed by atoms with E-state index in [1.807, 2.05) is 0 Å². The van der Waals surface area contributed by atoms with Crippen LogP contribution in [0.15, 0.2) is 10.8 Å². The van der Waals surface area contributed by atoms with Gasteiger partial charge in [-0.25, -0.2) is 13.4 Å². The molecule has 0 aliphatic rings. The smallest absolute Gasteiger partial charge is 0.181 e. The highest BCUT2D eigenvalue weighted by Crippen LogP contribution is 2.07. The number of rotatable bonds is 2. The van der Waals surface area contributed by atoms with Gasteiger partial charge in [0, 0.05) is 6.26 Å². The van der Waals surface area contributed by atoms with Crippen LogP contribution in [0.2, 0.25) is 0 Å². The predicted octanol–water partition coefficient (Wildman–Crippen LogP) is 0.528. The molecule has 0 bridgehead atoms. The summed E-state index contributed by atoms with van der Waals surface area (Å²) >= 11 is 0. The van der Waals surface area contributed by atoms with Crippen molar-refractivity contribution < 1.29 is 12.8 Å². The SMILES string of the molecule is Cc1ocnc1CS(C)(=O)=O. The first kappa shape index (κ1) is 8.26. The third kappa shape index (κ3) is 2.34. The quantitative estimate of drug-likeness (QED) is 0.657. The Bertz CT molecular complexity index is 338. The molecule has 0 spiro atoms. The van der Waals surface area contributed by atoms with Gasteiger partial charge >= 0.3 is 0 Å². The summed E-state index contributed by atoms with van der Waals surface area (Å²) in [7, 11) is -2.99. The fraction of sp³-hybridized carbons (Fsp3) is 0.500. The van der Waals surface area contributed by atoms with Gasteiger partial charge in [-0.3, -0.25) is 0 Å². The Morgan fingerprint density at radius 3 is 2.64 bits per heavy atom. The largest absolute Gasteiger partial charge is 0.448 e. The molecule has 62 valence electrons. The van der Waals surface area contributed by atoms with Crippen molar-refractivity contribution in [2.24, 2.45) is 0 Å². The number of aryl methyl sites for hydroxylation is 1. The molecule has 4 nitrogen and oxygen atoms in total. The molecular weight excluding hydrogens is 166 g/mol. The number of hydrogen-bond donors (Lipinski definition) is 0. The molecule has 0 fully saturated rings. The fourth-order valence-corrected chi connectivity index (χ4v) is 1.49. The van der Waals surface area contributed by atoms with E-state index in [2.05, 4.69) is 4.98 Å². The Balaban J connectivity index is 2.89. The fourth-order valence-electron chi connectivity index (χ4n) is 0.715. The van der Waals surface area contributed by atoms with Crippen LogP contribution in [0, 0.1) is 6.92 Å². The second-order valence-corrected chi connectivity index (χ2v) is 4.57. The van der Waals surface area contributed by atoms with Crippen LogP contribution in [0.5, 0.6) is 0 Å². The summed E-state index contributed by atoms with van der Waals surface area (Å²) in [5.74, 6) is 0.519. The predicted molar refractivity (Wildman–Crippen MR) is 39.8 cm³/mol. The molecule has 0 saturated heterocycles. The van der Waals surface area contributed by atoms with E-state index in [-0.39, 0.29) is 5.75 Å². The summed E-state index contributed by atoms with van der Waals surface area (Å²) in [6.07, 6.45) is 2.41. The monoisotopic (exact) mass is 175 g/mol. The first-order chi connectivity index (χ1) is 4.99. The molecule has 1 aromatic rings. The first-order valence-corrected chi connectivity index (χ1v) is 5.12. The average molecular weight is 175 g/mol. The molecule has 0 aromatic carbocycles. The van der Waals surface area contributed by atoms with Crippen molar-refractivity contribution in [3.63, 3.8) is 0 Å². The minimum atomic E-state index is -2.99. The number of hydrogen-bond acceptors (Lipinski definition) is 4. The lowest BCUT2D eigenvalue weighted by Crippen LogP contribution is -2.01. The number of sulfone groups is 1. The maximum absolute atomic E-state index is 10.8. The number of oxazole rings is 1. The van der Waals surface area contributed by atoms with Gasteiger partial charge in [0.05, 0.1) is 11.4 Å². The summed E-state index contributed by atoms with van der Waals surface area (Å²) in [5.41, 5.74) is 0.493. The van der Waals surface area contributed by atoms with Crippen LogP contribution in [-0.4, -0.2) is 19.7 Å². The molecule has 1 rings (SSSR count). The number of nitrogens with zero attached hydrogens (tertiary/aromatic N) is 1. The maximum atomic E-state index is 10.8. The molecule has 0 aliphatic heterocycles. The van der Waals surface area contributed by atoms with Crippen LogP contribution in [0.4, 0.5) is 0 Å². The van der Waals surface area contributed by atoms with Crippen molar-refractivity contribution in [3.8, 4) is 0 Å². The van der Waals surface area contributed by atoms with Crippen LogP contribution in [0.25, 0.3) is 0 Å². The summed E-state index contributed by atoms with van der Waals surface area (Å²) < 4.78 is 26.4. The molecule has 0 amide bonds. The molecule has 0 saturated carbocycles. The second kappa shape index (κ2) is 2.65. The van der Waals surface area contributed by atoms with E-state index in [9.17, 15) is 8.42 Å². The van der Waals surface area contributed by atoms with E-state index in [0.717, 1.165) is 0 Å². The van der Waals surface area contributed by atoms with Gasteiger partial charge in [-0.1, -0.05) is 0 Å². The Morgan fingerprint density at radius 1 is 1.64 bits per heavy atom. The minimum Gasteiger partial charge on any atom is -0.448 e. The van der Waals surface area contributed by atoms with E-state index >= 15 is 0 Å². The van der Waals surface area contributed by atoms with Crippen molar-refractivity contribution in [2.75, 3.05) is 6.26 Å².